The van der Waals surface area contributed by atoms with Gasteiger partial charge in [0.2, 0.25) is 5.82 Å². The molecule has 1 saturated carbocycles. The van der Waals surface area contributed by atoms with Crippen LogP contribution in [0.1, 0.15) is 32.1 Å². The van der Waals surface area contributed by atoms with E-state index in [1.165, 1.54) is 25.3 Å². The first-order valence-corrected chi connectivity index (χ1v) is 11.4. The van der Waals surface area contributed by atoms with E-state index in [0.29, 0.717) is 49.0 Å². The second-order valence-electron chi connectivity index (χ2n) is 8.62. The minimum absolute atomic E-state index is 0.0241. The van der Waals surface area contributed by atoms with Crippen molar-refractivity contribution in [2.24, 2.45) is 11.8 Å². The zero-order valence-electron chi connectivity index (χ0n) is 19.2. The highest BCUT2D eigenvalue weighted by molar-refractivity contribution is 5.76. The van der Waals surface area contributed by atoms with Crippen LogP contribution in [0, 0.1) is 23.5 Å². The molecule has 0 amide bonds. The van der Waals surface area contributed by atoms with Gasteiger partial charge < -0.3 is 14.2 Å². The van der Waals surface area contributed by atoms with Crippen LogP contribution in [0.5, 0.6) is 11.5 Å². The summed E-state index contributed by atoms with van der Waals surface area (Å²) in [5, 5.41) is 0. The molecule has 0 aromatic heterocycles. The molecule has 0 N–H and O–H groups in total. The molecule has 0 spiro atoms. The third-order valence-corrected chi connectivity index (χ3v) is 6.64. The van der Waals surface area contributed by atoms with E-state index in [-0.39, 0.29) is 23.4 Å². The largest absolute Gasteiger partial charge is 0.497 e. The van der Waals surface area contributed by atoms with Crippen molar-refractivity contribution in [1.29, 1.82) is 0 Å². The maximum Gasteiger partial charge on any atom is 0.314 e. The van der Waals surface area contributed by atoms with Gasteiger partial charge in [-0.15, -0.1) is 0 Å². The van der Waals surface area contributed by atoms with Crippen molar-refractivity contribution in [3.8, 4) is 22.6 Å². The van der Waals surface area contributed by atoms with Crippen LogP contribution in [-0.2, 0) is 9.53 Å². The molecule has 1 fully saturated rings. The standard InChI is InChI=1S/C27H27F3O4/c1-32-19-9-7-17(8-10-19)22-13-14-24(26(30)25(22)29)34-27(31)18-5-3-16(4-6-18)21-12-11-20(33-2)15-23(21)28/h7-10,12-16,18,20H,3-6,11H2,1-2H3. The van der Waals surface area contributed by atoms with Crippen molar-refractivity contribution >= 4 is 5.97 Å². The molecular weight excluding hydrogens is 445 g/mol. The van der Waals surface area contributed by atoms with E-state index in [0.717, 1.165) is 0 Å². The van der Waals surface area contributed by atoms with Crippen molar-refractivity contribution in [3.63, 3.8) is 0 Å². The van der Waals surface area contributed by atoms with Crippen LogP contribution in [-0.4, -0.2) is 26.3 Å². The molecule has 2 aromatic carbocycles. The first-order chi connectivity index (χ1) is 16.4. The second kappa shape index (κ2) is 10.5. The summed E-state index contributed by atoms with van der Waals surface area (Å²) in [6.07, 6.45) is 5.97. The molecule has 4 nitrogen and oxygen atoms in total. The summed E-state index contributed by atoms with van der Waals surface area (Å²) in [6.45, 7) is 0. The van der Waals surface area contributed by atoms with Gasteiger partial charge >= 0.3 is 5.97 Å². The molecule has 0 radical (unpaired) electrons. The summed E-state index contributed by atoms with van der Waals surface area (Å²) in [5.41, 5.74) is 1.21. The Morgan fingerprint density at radius 1 is 0.912 bits per heavy atom. The Labute approximate surface area is 197 Å². The van der Waals surface area contributed by atoms with Gasteiger partial charge in [-0.3, -0.25) is 4.79 Å². The van der Waals surface area contributed by atoms with Crippen LogP contribution in [0.2, 0.25) is 0 Å². The van der Waals surface area contributed by atoms with E-state index >= 15 is 0 Å². The Morgan fingerprint density at radius 3 is 2.24 bits per heavy atom. The maximum atomic E-state index is 14.7. The number of esters is 1. The highest BCUT2D eigenvalue weighted by Gasteiger charge is 2.32. The summed E-state index contributed by atoms with van der Waals surface area (Å²) in [5.74, 6) is -3.40. The highest BCUT2D eigenvalue weighted by atomic mass is 19.2. The average Bonchev–Trinajstić information content (AvgIpc) is 2.87. The summed E-state index contributed by atoms with van der Waals surface area (Å²) in [6, 6.07) is 9.19. The zero-order chi connectivity index (χ0) is 24.2. The highest BCUT2D eigenvalue weighted by Crippen LogP contribution is 2.39. The van der Waals surface area contributed by atoms with Gasteiger partial charge in [0.15, 0.2) is 11.6 Å². The van der Waals surface area contributed by atoms with Crippen molar-refractivity contribution in [2.75, 3.05) is 14.2 Å². The summed E-state index contributed by atoms with van der Waals surface area (Å²) < 4.78 is 59.3. The van der Waals surface area contributed by atoms with Crippen molar-refractivity contribution in [1.82, 2.24) is 0 Å². The van der Waals surface area contributed by atoms with Gasteiger partial charge in [0.25, 0.3) is 0 Å². The van der Waals surface area contributed by atoms with Gasteiger partial charge in [0, 0.05) is 12.7 Å². The lowest BCUT2D eigenvalue weighted by Crippen LogP contribution is -2.27. The van der Waals surface area contributed by atoms with Crippen molar-refractivity contribution < 1.29 is 32.2 Å². The molecule has 2 aliphatic carbocycles. The third-order valence-electron chi connectivity index (χ3n) is 6.64. The molecule has 7 heteroatoms. The van der Waals surface area contributed by atoms with Gasteiger partial charge in [0.1, 0.15) is 11.6 Å². The molecule has 2 aliphatic rings. The lowest BCUT2D eigenvalue weighted by Gasteiger charge is -2.30. The number of ether oxygens (including phenoxy) is 3. The SMILES string of the molecule is COc1ccc(-c2ccc(OC(=O)C3CCC(C4=CCC(OC)C=C4F)CC3)c(F)c2F)cc1. The van der Waals surface area contributed by atoms with Gasteiger partial charge in [-0.1, -0.05) is 18.2 Å². The van der Waals surface area contributed by atoms with Crippen molar-refractivity contribution in [2.45, 2.75) is 38.2 Å². The van der Waals surface area contributed by atoms with Gasteiger partial charge in [-0.2, -0.15) is 4.39 Å². The summed E-state index contributed by atoms with van der Waals surface area (Å²) in [7, 11) is 3.07. The molecule has 2 aromatic rings. The van der Waals surface area contributed by atoms with Crippen LogP contribution in [0.4, 0.5) is 13.2 Å². The smallest absolute Gasteiger partial charge is 0.314 e. The number of benzene rings is 2. The number of methoxy groups -OCH3 is 2. The van der Waals surface area contributed by atoms with Crippen molar-refractivity contribution in [3.05, 3.63) is 71.6 Å². The number of hydrogen-bond donors (Lipinski definition) is 0. The van der Waals surface area contributed by atoms with Crippen LogP contribution in [0.25, 0.3) is 11.1 Å². The van der Waals surface area contributed by atoms with E-state index in [4.69, 9.17) is 14.2 Å². The predicted octanol–water partition coefficient (Wildman–Crippen LogP) is 6.55. The van der Waals surface area contributed by atoms with E-state index in [9.17, 15) is 18.0 Å². The molecule has 34 heavy (non-hydrogen) atoms. The van der Waals surface area contributed by atoms with E-state index in [1.807, 2.05) is 6.08 Å². The quantitative estimate of drug-likeness (QED) is 0.353. The number of carbonyl (C=O) groups excluding carboxylic acids is 1. The molecule has 0 saturated heterocycles. The predicted molar refractivity (Wildman–Crippen MR) is 122 cm³/mol. The summed E-state index contributed by atoms with van der Waals surface area (Å²) in [4.78, 5) is 12.6. The Morgan fingerprint density at radius 2 is 1.62 bits per heavy atom. The van der Waals surface area contributed by atoms with Crippen LogP contribution in [0.15, 0.2) is 60.0 Å². The van der Waals surface area contributed by atoms with Crippen LogP contribution in [0.3, 0.4) is 0 Å². The minimum atomic E-state index is -1.21. The number of halogens is 3. The molecule has 180 valence electrons. The molecule has 0 heterocycles. The number of hydrogen-bond acceptors (Lipinski definition) is 4. The fourth-order valence-corrected chi connectivity index (χ4v) is 4.63. The lowest BCUT2D eigenvalue weighted by molar-refractivity contribution is -0.140. The Balaban J connectivity index is 1.38. The fraction of sp³-hybridized carbons (Fsp3) is 0.370. The molecule has 0 bridgehead atoms. The van der Waals surface area contributed by atoms with E-state index in [2.05, 4.69) is 0 Å². The molecular formula is C27H27F3O4. The number of allylic oxidation sites excluding steroid dienone is 2. The monoisotopic (exact) mass is 472 g/mol. The van der Waals surface area contributed by atoms with E-state index < -0.39 is 29.3 Å². The third kappa shape index (κ3) is 5.04. The van der Waals surface area contributed by atoms with Crippen LogP contribution >= 0.6 is 0 Å². The molecule has 1 atom stereocenters. The van der Waals surface area contributed by atoms with Crippen LogP contribution < -0.4 is 9.47 Å². The average molecular weight is 473 g/mol. The first kappa shape index (κ1) is 24.1. The van der Waals surface area contributed by atoms with Gasteiger partial charge in [0.05, 0.1) is 19.1 Å². The molecule has 0 aliphatic heterocycles. The first-order valence-electron chi connectivity index (χ1n) is 11.4. The van der Waals surface area contributed by atoms with E-state index in [1.54, 1.807) is 31.4 Å². The van der Waals surface area contributed by atoms with Gasteiger partial charge in [-0.25, -0.2) is 8.78 Å². The van der Waals surface area contributed by atoms with Gasteiger partial charge in [-0.05, 0) is 79.5 Å². The summed E-state index contributed by atoms with van der Waals surface area (Å²) >= 11 is 0. The fourth-order valence-electron chi connectivity index (χ4n) is 4.63. The normalized spacial score (nSPS) is 22.6. The topological polar surface area (TPSA) is 44.8 Å². The Kier molecular flexibility index (Phi) is 7.41. The Hall–Kier alpha value is -3.06. The molecule has 1 unspecified atom stereocenters. The molecule has 4 rings (SSSR count). The zero-order valence-corrected chi connectivity index (χ0v) is 19.2. The minimum Gasteiger partial charge on any atom is -0.497 e. The maximum absolute atomic E-state index is 14.7. The Bertz CT molecular complexity index is 1100. The second-order valence-corrected chi connectivity index (χ2v) is 8.62. The lowest BCUT2D eigenvalue weighted by atomic mass is 9.77. The number of carbonyl (C=O) groups is 1. The number of rotatable bonds is 6.